The number of aromatic nitrogens is 1. The molecule has 0 aliphatic heterocycles. The van der Waals surface area contributed by atoms with Crippen molar-refractivity contribution in [2.24, 2.45) is 0 Å². The van der Waals surface area contributed by atoms with E-state index in [1.165, 1.54) is 13.8 Å². The van der Waals surface area contributed by atoms with Gasteiger partial charge in [-0.3, -0.25) is 0 Å². The molecule has 2 aromatic rings. The molecular weight excluding hydrogens is 464 g/mol. The number of ether oxygens (including phenoxy) is 1. The highest BCUT2D eigenvalue weighted by molar-refractivity contribution is 7.89. The van der Waals surface area contributed by atoms with E-state index in [1.54, 1.807) is 32.9 Å². The van der Waals surface area contributed by atoms with Crippen LogP contribution in [0.2, 0.25) is 0 Å². The number of alkyl carbamates (subject to hydrolysis) is 1. The fraction of sp³-hybridized carbons (Fsp3) is 0.583. The Balaban J connectivity index is 1.78. The molecule has 0 bridgehead atoms. The molecule has 4 rings (SSSR count). The molecule has 1 fully saturated rings. The lowest BCUT2D eigenvalue weighted by molar-refractivity contribution is 0.0506. The number of alkyl halides is 1. The summed E-state index contributed by atoms with van der Waals surface area (Å²) in [6, 6.07) is 2.82. The van der Waals surface area contributed by atoms with E-state index in [4.69, 9.17) is 4.74 Å². The highest BCUT2D eigenvalue weighted by atomic mass is 32.2. The Morgan fingerprint density at radius 3 is 2.41 bits per heavy atom. The molecule has 1 unspecified atom stereocenters. The Labute approximate surface area is 198 Å². The molecule has 34 heavy (non-hydrogen) atoms. The monoisotopic (exact) mass is 495 g/mol. The van der Waals surface area contributed by atoms with E-state index in [9.17, 15) is 17.6 Å². The van der Waals surface area contributed by atoms with Crippen LogP contribution in [0.4, 0.5) is 13.6 Å². The first-order valence-electron chi connectivity index (χ1n) is 11.5. The molecule has 1 aromatic heterocycles. The molecule has 10 heteroatoms. The first kappa shape index (κ1) is 24.8. The van der Waals surface area contributed by atoms with Crippen LogP contribution in [0.3, 0.4) is 0 Å². The van der Waals surface area contributed by atoms with Crippen LogP contribution < -0.4 is 10.0 Å². The highest BCUT2D eigenvalue weighted by Gasteiger charge is 2.35. The maximum Gasteiger partial charge on any atom is 0.407 e. The molecule has 1 saturated carbocycles. The van der Waals surface area contributed by atoms with E-state index in [-0.39, 0.29) is 28.0 Å². The van der Waals surface area contributed by atoms with E-state index in [0.717, 1.165) is 12.8 Å². The maximum absolute atomic E-state index is 15.1. The number of nitrogens with zero attached hydrogens (tertiary/aromatic N) is 1. The molecule has 1 heterocycles. The Kier molecular flexibility index (Phi) is 6.13. The number of rotatable bonds is 6. The van der Waals surface area contributed by atoms with E-state index in [0.29, 0.717) is 23.2 Å². The second-order valence-corrected chi connectivity index (χ2v) is 12.5. The number of sulfonamides is 1. The summed E-state index contributed by atoms with van der Waals surface area (Å²) in [6.07, 6.45) is 1.68. The molecule has 0 radical (unpaired) electrons. The quantitative estimate of drug-likeness (QED) is 0.584. The van der Waals surface area contributed by atoms with Crippen molar-refractivity contribution in [1.29, 1.82) is 0 Å². The normalized spacial score (nSPS) is 18.7. The van der Waals surface area contributed by atoms with Crippen molar-refractivity contribution in [2.45, 2.75) is 88.4 Å². The van der Waals surface area contributed by atoms with Crippen molar-refractivity contribution >= 4 is 26.9 Å². The van der Waals surface area contributed by atoms with Gasteiger partial charge < -0.3 is 10.1 Å². The molecule has 1 aromatic carbocycles. The highest BCUT2D eigenvalue weighted by Crippen LogP contribution is 2.42. The van der Waals surface area contributed by atoms with Gasteiger partial charge in [0.05, 0.1) is 4.90 Å². The van der Waals surface area contributed by atoms with Crippen LogP contribution in [0.1, 0.15) is 70.2 Å². The third-order valence-electron chi connectivity index (χ3n) is 5.84. The van der Waals surface area contributed by atoms with Crippen LogP contribution >= 0.6 is 0 Å². The zero-order valence-electron chi connectivity index (χ0n) is 20.1. The van der Waals surface area contributed by atoms with Crippen molar-refractivity contribution in [1.82, 2.24) is 15.0 Å². The molecule has 186 valence electrons. The Hall–Kier alpha value is -2.33. The van der Waals surface area contributed by atoms with Gasteiger partial charge in [-0.2, -0.15) is 4.39 Å². The van der Waals surface area contributed by atoms with Gasteiger partial charge in [0.2, 0.25) is 16.0 Å². The summed E-state index contributed by atoms with van der Waals surface area (Å²) in [4.78, 5) is 16.3. The standard InChI is InChI=1S/C24H31F2N3O4S/c1-23(2,3)33-22(30)28-15-8-14-9-18-17(11-19(13-6-7-13)29-21(18)25)20(16(14)10-15)34(31,32)27-12-24(4,5)26/h9,11,13,15,27H,6-8,10,12H2,1-5H3,(H,28,30). The fourth-order valence-electron chi connectivity index (χ4n) is 4.24. The minimum Gasteiger partial charge on any atom is -0.444 e. The van der Waals surface area contributed by atoms with Crippen molar-refractivity contribution in [3.8, 4) is 0 Å². The number of benzene rings is 1. The van der Waals surface area contributed by atoms with E-state index in [2.05, 4.69) is 15.0 Å². The summed E-state index contributed by atoms with van der Waals surface area (Å²) in [5.74, 6) is -0.616. The number of amides is 1. The predicted molar refractivity (Wildman–Crippen MR) is 125 cm³/mol. The predicted octanol–water partition coefficient (Wildman–Crippen LogP) is 4.27. The SMILES string of the molecule is CC(C)(F)CNS(=O)(=O)c1c2c(cc3c(F)nc(C4CC4)cc13)CC(NC(=O)OC(C)(C)C)C2. The molecular formula is C24H31F2N3O4S. The molecule has 2 aliphatic rings. The zero-order chi connectivity index (χ0) is 25.1. The Bertz CT molecular complexity index is 1250. The van der Waals surface area contributed by atoms with E-state index in [1.807, 2.05) is 0 Å². The Morgan fingerprint density at radius 2 is 1.82 bits per heavy atom. The largest absolute Gasteiger partial charge is 0.444 e. The molecule has 1 amide bonds. The van der Waals surface area contributed by atoms with Gasteiger partial charge in [-0.1, -0.05) is 0 Å². The van der Waals surface area contributed by atoms with Crippen LogP contribution in [-0.4, -0.2) is 43.4 Å². The number of carbonyl (C=O) groups is 1. The summed E-state index contributed by atoms with van der Waals surface area (Å²) in [5, 5.41) is 3.11. The van der Waals surface area contributed by atoms with Gasteiger partial charge in [-0.05, 0) is 83.6 Å². The first-order chi connectivity index (χ1) is 15.6. The van der Waals surface area contributed by atoms with Gasteiger partial charge in [0.25, 0.3) is 0 Å². The van der Waals surface area contributed by atoms with Crippen molar-refractivity contribution < 1.29 is 26.7 Å². The average Bonchev–Trinajstić information content (AvgIpc) is 3.44. The van der Waals surface area contributed by atoms with Crippen LogP contribution in [0.25, 0.3) is 10.8 Å². The van der Waals surface area contributed by atoms with Crippen molar-refractivity contribution in [3.05, 3.63) is 34.9 Å². The number of nitrogens with one attached hydrogen (secondary N) is 2. The second kappa shape index (κ2) is 8.41. The van der Waals surface area contributed by atoms with Gasteiger partial charge in [0.1, 0.15) is 11.3 Å². The number of carbonyl (C=O) groups excluding carboxylic acids is 1. The van der Waals surface area contributed by atoms with Crippen LogP contribution in [0.5, 0.6) is 0 Å². The number of pyridine rings is 1. The second-order valence-electron chi connectivity index (χ2n) is 10.8. The molecule has 7 nitrogen and oxygen atoms in total. The molecule has 2 N–H and O–H groups in total. The minimum absolute atomic E-state index is 0.0686. The first-order valence-corrected chi connectivity index (χ1v) is 12.9. The lowest BCUT2D eigenvalue weighted by atomic mass is 10.0. The number of fused-ring (bicyclic) bond motifs is 2. The van der Waals surface area contributed by atoms with Gasteiger partial charge in [-0.15, -0.1) is 0 Å². The van der Waals surface area contributed by atoms with Crippen LogP contribution in [-0.2, 0) is 27.6 Å². The van der Waals surface area contributed by atoms with Gasteiger partial charge in [0.15, 0.2) is 0 Å². The molecule has 0 saturated heterocycles. The summed E-state index contributed by atoms with van der Waals surface area (Å²) in [7, 11) is -4.19. The topological polar surface area (TPSA) is 97.4 Å². The molecule has 1 atom stereocenters. The third-order valence-corrected chi connectivity index (χ3v) is 7.37. The van der Waals surface area contributed by atoms with Crippen LogP contribution in [0.15, 0.2) is 17.0 Å². The zero-order valence-corrected chi connectivity index (χ0v) is 20.9. The number of hydrogen-bond donors (Lipinski definition) is 2. The lowest BCUT2D eigenvalue weighted by Crippen LogP contribution is -2.39. The average molecular weight is 496 g/mol. The van der Waals surface area contributed by atoms with E-state index < -0.39 is 45.9 Å². The Morgan fingerprint density at radius 1 is 1.15 bits per heavy atom. The summed E-state index contributed by atoms with van der Waals surface area (Å²) >= 11 is 0. The summed E-state index contributed by atoms with van der Waals surface area (Å²) in [5.41, 5.74) is -0.837. The fourth-order valence-corrected chi connectivity index (χ4v) is 5.91. The molecule has 0 spiro atoms. The van der Waals surface area contributed by atoms with Gasteiger partial charge >= 0.3 is 6.09 Å². The number of hydrogen-bond acceptors (Lipinski definition) is 5. The number of halogens is 2. The summed E-state index contributed by atoms with van der Waals surface area (Å²) < 4.78 is 63.8. The van der Waals surface area contributed by atoms with Crippen LogP contribution in [0, 0.1) is 5.95 Å². The minimum atomic E-state index is -4.19. The third kappa shape index (κ3) is 5.49. The van der Waals surface area contributed by atoms with Gasteiger partial charge in [0, 0.05) is 35.0 Å². The van der Waals surface area contributed by atoms with Crippen molar-refractivity contribution in [3.63, 3.8) is 0 Å². The van der Waals surface area contributed by atoms with Gasteiger partial charge in [-0.25, -0.2) is 27.3 Å². The smallest absolute Gasteiger partial charge is 0.407 e. The van der Waals surface area contributed by atoms with Crippen molar-refractivity contribution in [2.75, 3.05) is 6.54 Å². The maximum atomic E-state index is 15.1. The van der Waals surface area contributed by atoms with E-state index >= 15 is 4.39 Å². The molecule has 2 aliphatic carbocycles. The summed E-state index contributed by atoms with van der Waals surface area (Å²) in [6.45, 7) is 7.37. The lowest BCUT2D eigenvalue weighted by Gasteiger charge is -2.21.